The van der Waals surface area contributed by atoms with Crippen LogP contribution in [0.25, 0.3) is 10.6 Å². The fourth-order valence-electron chi connectivity index (χ4n) is 3.36. The van der Waals surface area contributed by atoms with Crippen molar-refractivity contribution in [3.05, 3.63) is 47.2 Å². The number of thioether (sulfide) groups is 1. The van der Waals surface area contributed by atoms with Gasteiger partial charge in [-0.05, 0) is 30.0 Å². The first-order valence-electron chi connectivity index (χ1n) is 8.09. The van der Waals surface area contributed by atoms with Crippen LogP contribution in [0.4, 0.5) is 10.8 Å². The average molecular weight is 400 g/mol. The second kappa shape index (κ2) is 5.94. The van der Waals surface area contributed by atoms with Gasteiger partial charge in [0.2, 0.25) is 5.91 Å². The number of carbonyl (C=O) groups excluding carboxylic acids is 2. The molecule has 5 rings (SSSR count). The van der Waals surface area contributed by atoms with Gasteiger partial charge < -0.3 is 0 Å². The zero-order valence-corrected chi connectivity index (χ0v) is 15.9. The van der Waals surface area contributed by atoms with Gasteiger partial charge in [0.25, 0.3) is 5.91 Å². The number of amides is 2. The van der Waals surface area contributed by atoms with Crippen LogP contribution < -0.4 is 10.2 Å². The lowest BCUT2D eigenvalue weighted by Gasteiger charge is -2.29. The van der Waals surface area contributed by atoms with E-state index in [1.54, 1.807) is 16.2 Å². The highest BCUT2D eigenvalue weighted by Crippen LogP contribution is 2.56. The molecule has 2 aromatic heterocycles. The van der Waals surface area contributed by atoms with Gasteiger partial charge in [0.15, 0.2) is 10.0 Å². The van der Waals surface area contributed by atoms with E-state index in [9.17, 15) is 9.59 Å². The summed E-state index contributed by atoms with van der Waals surface area (Å²) in [7, 11) is 0. The molecule has 0 spiro atoms. The zero-order valence-electron chi connectivity index (χ0n) is 13.5. The summed E-state index contributed by atoms with van der Waals surface area (Å²) in [5.41, 5.74) is 1.69. The number of thiophene rings is 1. The summed E-state index contributed by atoms with van der Waals surface area (Å²) in [4.78, 5) is 33.0. The van der Waals surface area contributed by atoms with Crippen LogP contribution in [0.1, 0.15) is 12.8 Å². The number of nitrogens with one attached hydrogen (secondary N) is 1. The third-order valence-electron chi connectivity index (χ3n) is 4.53. The van der Waals surface area contributed by atoms with Crippen LogP contribution in [-0.4, -0.2) is 21.7 Å². The molecule has 26 heavy (non-hydrogen) atoms. The second-order valence-electron chi connectivity index (χ2n) is 6.05. The molecular formula is C18H13N3O2S3. The number of para-hydroxylation sites is 1. The maximum atomic E-state index is 13.2. The van der Waals surface area contributed by atoms with E-state index in [-0.39, 0.29) is 11.8 Å². The number of anilines is 2. The van der Waals surface area contributed by atoms with Crippen LogP contribution in [-0.2, 0) is 9.59 Å². The molecule has 0 saturated carbocycles. The lowest BCUT2D eigenvalue weighted by Crippen LogP contribution is -2.49. The topological polar surface area (TPSA) is 62.3 Å². The molecule has 1 atom stereocenters. The molecule has 0 aliphatic carbocycles. The number of carbonyl (C=O) groups is 2. The Kier molecular flexibility index (Phi) is 3.66. The molecule has 8 heteroatoms. The highest BCUT2D eigenvalue weighted by molar-refractivity contribution is 8.02. The van der Waals surface area contributed by atoms with Gasteiger partial charge in [-0.1, -0.05) is 30.0 Å². The number of benzene rings is 1. The number of nitrogens with zero attached hydrogens (tertiary/aromatic N) is 2. The number of thiazole rings is 1. The maximum absolute atomic E-state index is 13.2. The molecule has 0 bridgehead atoms. The number of hydrogen-bond donors (Lipinski definition) is 1. The van der Waals surface area contributed by atoms with Crippen LogP contribution in [0.3, 0.4) is 0 Å². The predicted octanol–water partition coefficient (Wildman–Crippen LogP) is 4.44. The molecular weight excluding hydrogens is 386 g/mol. The predicted molar refractivity (Wildman–Crippen MR) is 106 cm³/mol. The van der Waals surface area contributed by atoms with Crippen molar-refractivity contribution in [1.82, 2.24) is 4.98 Å². The quantitative estimate of drug-likeness (QED) is 0.707. The van der Waals surface area contributed by atoms with Crippen LogP contribution in [0.5, 0.6) is 0 Å². The lowest BCUT2D eigenvalue weighted by atomic mass is 10.2. The van der Waals surface area contributed by atoms with Crippen molar-refractivity contribution in [2.45, 2.75) is 22.6 Å². The van der Waals surface area contributed by atoms with E-state index in [1.807, 2.05) is 47.2 Å². The Morgan fingerprint density at radius 1 is 1.19 bits per heavy atom. The van der Waals surface area contributed by atoms with E-state index in [2.05, 4.69) is 10.3 Å². The minimum absolute atomic E-state index is 0.00369. The standard InChI is InChI=1S/C18H13N3O2S3/c22-15-7-8-18(21(15)12-4-1-2-5-14(12)26-18)16(23)20-17-19-11(10-25-17)13-6-3-9-24-13/h1-6,9-10H,7-8H2,(H,19,20,23)/t18-/m0/s1. The summed E-state index contributed by atoms with van der Waals surface area (Å²) in [5.74, 6) is -0.187. The summed E-state index contributed by atoms with van der Waals surface area (Å²) in [5, 5.41) is 7.44. The van der Waals surface area contributed by atoms with Gasteiger partial charge >= 0.3 is 0 Å². The van der Waals surface area contributed by atoms with Gasteiger partial charge in [-0.15, -0.1) is 22.7 Å². The van der Waals surface area contributed by atoms with Crippen molar-refractivity contribution < 1.29 is 9.59 Å². The highest BCUT2D eigenvalue weighted by atomic mass is 32.2. The Bertz CT molecular complexity index is 1010. The van der Waals surface area contributed by atoms with Gasteiger partial charge in [-0.25, -0.2) is 4.98 Å². The molecule has 130 valence electrons. The highest BCUT2D eigenvalue weighted by Gasteiger charge is 2.57. The van der Waals surface area contributed by atoms with Crippen LogP contribution >= 0.6 is 34.4 Å². The summed E-state index contributed by atoms with van der Waals surface area (Å²) >= 11 is 4.48. The first-order chi connectivity index (χ1) is 12.7. The first-order valence-corrected chi connectivity index (χ1v) is 10.7. The third kappa shape index (κ3) is 2.33. The van der Waals surface area contributed by atoms with Gasteiger partial charge in [0.1, 0.15) is 0 Å². The molecule has 2 aliphatic rings. The molecule has 3 aromatic rings. The zero-order chi connectivity index (χ0) is 17.7. The molecule has 1 fully saturated rings. The van der Waals surface area contributed by atoms with E-state index in [1.165, 1.54) is 23.1 Å². The van der Waals surface area contributed by atoms with Crippen LogP contribution in [0.2, 0.25) is 0 Å². The summed E-state index contributed by atoms with van der Waals surface area (Å²) < 4.78 is 0. The Hall–Kier alpha value is -2.16. The number of hydrogen-bond acceptors (Lipinski definition) is 6. The molecule has 2 aliphatic heterocycles. The Morgan fingerprint density at radius 2 is 2.08 bits per heavy atom. The van der Waals surface area contributed by atoms with E-state index in [0.717, 1.165) is 21.2 Å². The minimum atomic E-state index is -0.907. The van der Waals surface area contributed by atoms with Crippen molar-refractivity contribution in [1.29, 1.82) is 0 Å². The van der Waals surface area contributed by atoms with Crippen LogP contribution in [0.15, 0.2) is 52.1 Å². The van der Waals surface area contributed by atoms with Crippen LogP contribution in [0, 0.1) is 0 Å². The smallest absolute Gasteiger partial charge is 0.263 e. The fourth-order valence-corrected chi connectivity index (χ4v) is 6.24. The molecule has 5 nitrogen and oxygen atoms in total. The molecule has 0 unspecified atom stereocenters. The van der Waals surface area contributed by atoms with E-state index in [4.69, 9.17) is 0 Å². The molecule has 0 radical (unpaired) electrons. The Balaban J connectivity index is 1.44. The van der Waals surface area contributed by atoms with Gasteiger partial charge in [0.05, 0.1) is 16.3 Å². The Morgan fingerprint density at radius 3 is 2.92 bits per heavy atom. The maximum Gasteiger partial charge on any atom is 0.263 e. The van der Waals surface area contributed by atoms with Crippen molar-refractivity contribution in [3.63, 3.8) is 0 Å². The summed E-state index contributed by atoms with van der Waals surface area (Å²) in [6.45, 7) is 0. The van der Waals surface area contributed by atoms with Crippen molar-refractivity contribution in [2.24, 2.45) is 0 Å². The first kappa shape index (κ1) is 16.0. The minimum Gasteiger partial charge on any atom is -0.299 e. The molecule has 1 N–H and O–H groups in total. The Labute approximate surface area is 162 Å². The lowest BCUT2D eigenvalue weighted by molar-refractivity contribution is -0.121. The van der Waals surface area contributed by atoms with Crippen molar-refractivity contribution in [3.8, 4) is 10.6 Å². The second-order valence-corrected chi connectivity index (χ2v) is 9.18. The third-order valence-corrected chi connectivity index (χ3v) is 7.65. The number of aromatic nitrogens is 1. The average Bonchev–Trinajstić information content (AvgIpc) is 3.39. The number of rotatable bonds is 3. The van der Waals surface area contributed by atoms with E-state index >= 15 is 0 Å². The summed E-state index contributed by atoms with van der Waals surface area (Å²) in [6, 6.07) is 11.7. The molecule has 4 heterocycles. The fraction of sp³-hybridized carbons (Fsp3) is 0.167. The van der Waals surface area contributed by atoms with E-state index in [0.29, 0.717) is 18.0 Å². The number of fused-ring (bicyclic) bond motifs is 3. The van der Waals surface area contributed by atoms with Gasteiger partial charge in [0, 0.05) is 16.7 Å². The normalized spacial score (nSPS) is 20.9. The monoisotopic (exact) mass is 399 g/mol. The van der Waals surface area contributed by atoms with Crippen molar-refractivity contribution in [2.75, 3.05) is 10.2 Å². The van der Waals surface area contributed by atoms with E-state index < -0.39 is 4.87 Å². The molecule has 2 amide bonds. The summed E-state index contributed by atoms with van der Waals surface area (Å²) in [6.07, 6.45) is 0.882. The molecule has 1 saturated heterocycles. The van der Waals surface area contributed by atoms with Gasteiger partial charge in [-0.3, -0.25) is 19.8 Å². The SMILES string of the molecule is O=C1CC[C@@]2(C(=O)Nc3nc(-c4cccs4)cs3)Sc3ccccc3N12. The molecule has 1 aromatic carbocycles. The van der Waals surface area contributed by atoms with Gasteiger partial charge in [-0.2, -0.15) is 0 Å². The largest absolute Gasteiger partial charge is 0.299 e. The van der Waals surface area contributed by atoms with Crippen molar-refractivity contribution >= 4 is 57.1 Å².